The molecular formula is C16H25F2NO. The second kappa shape index (κ2) is 7.58. The molecule has 0 aliphatic rings. The van der Waals surface area contributed by atoms with Crippen LogP contribution in [0.3, 0.4) is 0 Å². The van der Waals surface area contributed by atoms with Crippen LogP contribution in [-0.4, -0.2) is 24.1 Å². The Hall–Kier alpha value is -1.16. The lowest BCUT2D eigenvalue weighted by atomic mass is 9.99. The SMILES string of the molecule is CCCCC(F)(F)C(O)c1ccc(N(CC)CC)cc1. The van der Waals surface area contributed by atoms with E-state index < -0.39 is 12.0 Å². The van der Waals surface area contributed by atoms with Gasteiger partial charge in [0, 0.05) is 25.2 Å². The fourth-order valence-corrected chi connectivity index (χ4v) is 2.25. The highest BCUT2D eigenvalue weighted by molar-refractivity contribution is 5.47. The molecule has 0 aliphatic heterocycles. The number of nitrogens with zero attached hydrogens (tertiary/aromatic N) is 1. The van der Waals surface area contributed by atoms with E-state index in [2.05, 4.69) is 4.90 Å². The molecule has 2 nitrogen and oxygen atoms in total. The Kier molecular flexibility index (Phi) is 6.40. The Labute approximate surface area is 120 Å². The predicted molar refractivity (Wildman–Crippen MR) is 79.4 cm³/mol. The molecule has 1 rings (SSSR count). The molecule has 0 saturated carbocycles. The summed E-state index contributed by atoms with van der Waals surface area (Å²) < 4.78 is 27.6. The number of anilines is 1. The minimum Gasteiger partial charge on any atom is -0.382 e. The molecular weight excluding hydrogens is 260 g/mol. The third kappa shape index (κ3) is 4.17. The van der Waals surface area contributed by atoms with E-state index in [-0.39, 0.29) is 12.0 Å². The molecule has 0 aliphatic carbocycles. The van der Waals surface area contributed by atoms with Gasteiger partial charge in [0.25, 0.3) is 5.92 Å². The number of rotatable bonds is 8. The number of aliphatic hydroxyl groups is 1. The van der Waals surface area contributed by atoms with Gasteiger partial charge in [-0.2, -0.15) is 0 Å². The first-order valence-electron chi connectivity index (χ1n) is 7.37. The Morgan fingerprint density at radius 1 is 1.10 bits per heavy atom. The first-order valence-corrected chi connectivity index (χ1v) is 7.37. The van der Waals surface area contributed by atoms with Crippen molar-refractivity contribution >= 4 is 5.69 Å². The van der Waals surface area contributed by atoms with Gasteiger partial charge in [0.15, 0.2) is 0 Å². The van der Waals surface area contributed by atoms with Crippen LogP contribution in [0, 0.1) is 0 Å². The molecule has 0 amide bonds. The average Bonchev–Trinajstić information content (AvgIpc) is 2.46. The first-order chi connectivity index (χ1) is 9.46. The van der Waals surface area contributed by atoms with Gasteiger partial charge < -0.3 is 10.0 Å². The fraction of sp³-hybridized carbons (Fsp3) is 0.625. The van der Waals surface area contributed by atoms with E-state index in [9.17, 15) is 13.9 Å². The molecule has 1 aromatic rings. The van der Waals surface area contributed by atoms with E-state index in [4.69, 9.17) is 0 Å². The van der Waals surface area contributed by atoms with Crippen molar-refractivity contribution in [3.05, 3.63) is 29.8 Å². The van der Waals surface area contributed by atoms with E-state index in [1.807, 2.05) is 20.8 Å². The van der Waals surface area contributed by atoms with E-state index in [0.717, 1.165) is 18.8 Å². The van der Waals surface area contributed by atoms with Crippen molar-refractivity contribution in [1.82, 2.24) is 0 Å². The van der Waals surface area contributed by atoms with Crippen molar-refractivity contribution in [3.63, 3.8) is 0 Å². The number of alkyl halides is 2. The van der Waals surface area contributed by atoms with Gasteiger partial charge >= 0.3 is 0 Å². The van der Waals surface area contributed by atoms with E-state index in [0.29, 0.717) is 12.8 Å². The van der Waals surface area contributed by atoms with Crippen molar-refractivity contribution in [3.8, 4) is 0 Å². The lowest BCUT2D eigenvalue weighted by Crippen LogP contribution is -2.26. The molecule has 0 aromatic heterocycles. The highest BCUT2D eigenvalue weighted by Gasteiger charge is 2.38. The van der Waals surface area contributed by atoms with Crippen LogP contribution in [-0.2, 0) is 0 Å². The van der Waals surface area contributed by atoms with Gasteiger partial charge in [0.1, 0.15) is 6.10 Å². The zero-order chi connectivity index (χ0) is 15.2. The molecule has 0 saturated heterocycles. The number of halogens is 2. The molecule has 1 unspecified atom stereocenters. The largest absolute Gasteiger partial charge is 0.382 e. The van der Waals surface area contributed by atoms with Crippen LogP contribution < -0.4 is 4.90 Å². The highest BCUT2D eigenvalue weighted by atomic mass is 19.3. The van der Waals surface area contributed by atoms with Crippen LogP contribution in [0.1, 0.15) is 51.7 Å². The van der Waals surface area contributed by atoms with Crippen LogP contribution in [0.4, 0.5) is 14.5 Å². The second-order valence-electron chi connectivity index (χ2n) is 5.03. The Morgan fingerprint density at radius 2 is 1.65 bits per heavy atom. The number of benzene rings is 1. The molecule has 114 valence electrons. The maximum atomic E-state index is 13.8. The third-order valence-corrected chi connectivity index (χ3v) is 3.60. The summed E-state index contributed by atoms with van der Waals surface area (Å²) in [5.41, 5.74) is 1.27. The van der Waals surface area contributed by atoms with Crippen molar-refractivity contribution in [1.29, 1.82) is 0 Å². The number of hydrogen-bond acceptors (Lipinski definition) is 2. The Morgan fingerprint density at radius 3 is 2.10 bits per heavy atom. The maximum absolute atomic E-state index is 13.8. The monoisotopic (exact) mass is 285 g/mol. The first kappa shape index (κ1) is 16.9. The number of unbranched alkanes of at least 4 members (excludes halogenated alkanes) is 1. The van der Waals surface area contributed by atoms with Gasteiger partial charge in [-0.15, -0.1) is 0 Å². The highest BCUT2D eigenvalue weighted by Crippen LogP contribution is 2.36. The molecule has 0 bridgehead atoms. The lowest BCUT2D eigenvalue weighted by molar-refractivity contribution is -0.116. The average molecular weight is 285 g/mol. The molecule has 4 heteroatoms. The summed E-state index contributed by atoms with van der Waals surface area (Å²) in [6.07, 6.45) is -0.882. The smallest absolute Gasteiger partial charge is 0.277 e. The minimum atomic E-state index is -3.06. The van der Waals surface area contributed by atoms with Crippen molar-refractivity contribution in [2.75, 3.05) is 18.0 Å². The van der Waals surface area contributed by atoms with Gasteiger partial charge in [-0.25, -0.2) is 8.78 Å². The zero-order valence-corrected chi connectivity index (χ0v) is 12.6. The Bertz CT molecular complexity index is 388. The molecule has 1 aromatic carbocycles. The predicted octanol–water partition coefficient (Wildman–Crippen LogP) is 4.39. The van der Waals surface area contributed by atoms with Crippen LogP contribution in [0.15, 0.2) is 24.3 Å². The normalized spacial score (nSPS) is 13.3. The van der Waals surface area contributed by atoms with Crippen molar-refractivity contribution < 1.29 is 13.9 Å². The maximum Gasteiger partial charge on any atom is 0.277 e. The fourth-order valence-electron chi connectivity index (χ4n) is 2.25. The van der Waals surface area contributed by atoms with Crippen LogP contribution in [0.25, 0.3) is 0 Å². The quantitative estimate of drug-likeness (QED) is 0.765. The third-order valence-electron chi connectivity index (χ3n) is 3.60. The summed E-state index contributed by atoms with van der Waals surface area (Å²) >= 11 is 0. The van der Waals surface area contributed by atoms with E-state index >= 15 is 0 Å². The van der Waals surface area contributed by atoms with Crippen LogP contribution in [0.2, 0.25) is 0 Å². The van der Waals surface area contributed by atoms with Crippen molar-refractivity contribution in [2.45, 2.75) is 52.1 Å². The van der Waals surface area contributed by atoms with Gasteiger partial charge in [-0.05, 0) is 38.0 Å². The Balaban J connectivity index is 2.82. The summed E-state index contributed by atoms with van der Waals surface area (Å²) in [6.45, 7) is 7.69. The lowest BCUT2D eigenvalue weighted by Gasteiger charge is -2.24. The summed E-state index contributed by atoms with van der Waals surface area (Å²) in [5.74, 6) is -3.06. The zero-order valence-electron chi connectivity index (χ0n) is 12.6. The molecule has 0 heterocycles. The summed E-state index contributed by atoms with van der Waals surface area (Å²) in [6, 6.07) is 6.78. The van der Waals surface area contributed by atoms with Gasteiger partial charge in [0.2, 0.25) is 0 Å². The van der Waals surface area contributed by atoms with Crippen molar-refractivity contribution in [2.24, 2.45) is 0 Å². The topological polar surface area (TPSA) is 23.5 Å². The summed E-state index contributed by atoms with van der Waals surface area (Å²) in [4.78, 5) is 2.13. The summed E-state index contributed by atoms with van der Waals surface area (Å²) in [7, 11) is 0. The van der Waals surface area contributed by atoms with E-state index in [1.165, 1.54) is 0 Å². The number of hydrogen-bond donors (Lipinski definition) is 1. The number of aliphatic hydroxyl groups excluding tert-OH is 1. The van der Waals surface area contributed by atoms with E-state index in [1.54, 1.807) is 24.3 Å². The second-order valence-corrected chi connectivity index (χ2v) is 5.03. The molecule has 20 heavy (non-hydrogen) atoms. The molecule has 1 atom stereocenters. The van der Waals surface area contributed by atoms with Gasteiger partial charge in [-0.3, -0.25) is 0 Å². The molecule has 1 N–H and O–H groups in total. The van der Waals surface area contributed by atoms with Crippen LogP contribution >= 0.6 is 0 Å². The standard InChI is InChI=1S/C16H25F2NO/c1-4-7-12-16(17,18)15(20)13-8-10-14(11-9-13)19(5-2)6-3/h8-11,15,20H,4-7,12H2,1-3H3. The summed E-state index contributed by atoms with van der Waals surface area (Å²) in [5, 5.41) is 9.86. The minimum absolute atomic E-state index is 0.275. The van der Waals surface area contributed by atoms with Gasteiger partial charge in [0.05, 0.1) is 0 Å². The van der Waals surface area contributed by atoms with Crippen LogP contribution in [0.5, 0.6) is 0 Å². The molecule has 0 spiro atoms. The molecule has 0 fully saturated rings. The van der Waals surface area contributed by atoms with Gasteiger partial charge in [-0.1, -0.05) is 25.5 Å². The molecule has 0 radical (unpaired) electrons.